The molecule has 0 saturated carbocycles. The van der Waals surface area contributed by atoms with E-state index in [0.29, 0.717) is 0 Å². The molecule has 0 amide bonds. The third kappa shape index (κ3) is 1.94. The SMILES string of the molecule is CSc1ccc(/C=C/C(=O)O)c2nc[nH]c12. The molecule has 0 aliphatic heterocycles. The molecule has 1 heterocycles. The average molecular weight is 234 g/mol. The highest BCUT2D eigenvalue weighted by Crippen LogP contribution is 2.26. The van der Waals surface area contributed by atoms with Gasteiger partial charge in [0.15, 0.2) is 0 Å². The highest BCUT2D eigenvalue weighted by molar-refractivity contribution is 7.98. The number of carbonyl (C=O) groups is 1. The zero-order chi connectivity index (χ0) is 11.5. The summed E-state index contributed by atoms with van der Waals surface area (Å²) < 4.78 is 0. The maximum atomic E-state index is 10.5. The first-order chi connectivity index (χ1) is 7.72. The van der Waals surface area contributed by atoms with E-state index >= 15 is 0 Å². The van der Waals surface area contributed by atoms with Gasteiger partial charge >= 0.3 is 5.97 Å². The first kappa shape index (κ1) is 10.8. The lowest BCUT2D eigenvalue weighted by Gasteiger charge is -2.00. The van der Waals surface area contributed by atoms with E-state index in [1.54, 1.807) is 24.2 Å². The van der Waals surface area contributed by atoms with Crippen LogP contribution in [0.1, 0.15) is 5.56 Å². The first-order valence-electron chi connectivity index (χ1n) is 4.63. The van der Waals surface area contributed by atoms with Crippen LogP contribution in [-0.4, -0.2) is 27.3 Å². The van der Waals surface area contributed by atoms with Crippen LogP contribution in [-0.2, 0) is 4.79 Å². The number of rotatable bonds is 3. The van der Waals surface area contributed by atoms with E-state index in [1.807, 2.05) is 18.4 Å². The maximum Gasteiger partial charge on any atom is 0.328 e. The Morgan fingerprint density at radius 2 is 2.38 bits per heavy atom. The second kappa shape index (κ2) is 4.40. The van der Waals surface area contributed by atoms with Crippen molar-refractivity contribution in [1.29, 1.82) is 0 Å². The molecule has 0 unspecified atom stereocenters. The number of benzene rings is 1. The zero-order valence-corrected chi connectivity index (χ0v) is 9.41. The summed E-state index contributed by atoms with van der Waals surface area (Å²) in [4.78, 5) is 18.8. The van der Waals surface area contributed by atoms with Crippen LogP contribution in [0.25, 0.3) is 17.1 Å². The number of hydrogen-bond donors (Lipinski definition) is 2. The van der Waals surface area contributed by atoms with Crippen molar-refractivity contribution in [2.45, 2.75) is 4.90 Å². The summed E-state index contributed by atoms with van der Waals surface area (Å²) in [5.41, 5.74) is 2.54. The number of imidazole rings is 1. The predicted octanol–water partition coefficient (Wildman–Crippen LogP) is 2.38. The van der Waals surface area contributed by atoms with Crippen LogP contribution in [0.4, 0.5) is 0 Å². The van der Waals surface area contributed by atoms with Gasteiger partial charge in [0.2, 0.25) is 0 Å². The maximum absolute atomic E-state index is 10.5. The second-order valence-electron chi connectivity index (χ2n) is 3.15. The van der Waals surface area contributed by atoms with Crippen molar-refractivity contribution in [2.75, 3.05) is 6.26 Å². The Morgan fingerprint density at radius 1 is 1.56 bits per heavy atom. The highest BCUT2D eigenvalue weighted by Gasteiger charge is 2.05. The van der Waals surface area contributed by atoms with Crippen LogP contribution >= 0.6 is 11.8 Å². The number of aromatic nitrogens is 2. The van der Waals surface area contributed by atoms with Gasteiger partial charge in [-0.1, -0.05) is 6.07 Å². The summed E-state index contributed by atoms with van der Waals surface area (Å²) in [5, 5.41) is 8.58. The quantitative estimate of drug-likeness (QED) is 0.632. The van der Waals surface area contributed by atoms with E-state index in [2.05, 4.69) is 9.97 Å². The summed E-state index contributed by atoms with van der Waals surface area (Å²) in [6.45, 7) is 0. The summed E-state index contributed by atoms with van der Waals surface area (Å²) in [5.74, 6) is -0.961. The van der Waals surface area contributed by atoms with E-state index in [-0.39, 0.29) is 0 Å². The minimum absolute atomic E-state index is 0.796. The van der Waals surface area contributed by atoms with Gasteiger partial charge in [-0.2, -0.15) is 0 Å². The molecule has 4 nitrogen and oxygen atoms in total. The Kier molecular flexibility index (Phi) is 2.96. The fourth-order valence-corrected chi connectivity index (χ4v) is 2.06. The highest BCUT2D eigenvalue weighted by atomic mass is 32.2. The van der Waals surface area contributed by atoms with Crippen molar-refractivity contribution in [3.05, 3.63) is 30.1 Å². The number of carboxylic acids is 1. The summed E-state index contributed by atoms with van der Waals surface area (Å²) in [6, 6.07) is 3.82. The molecule has 0 atom stereocenters. The molecule has 2 aromatic rings. The Morgan fingerprint density at radius 3 is 3.06 bits per heavy atom. The smallest absolute Gasteiger partial charge is 0.328 e. The Labute approximate surface area is 96.4 Å². The van der Waals surface area contributed by atoms with Crippen LogP contribution in [0, 0.1) is 0 Å². The van der Waals surface area contributed by atoms with Gasteiger partial charge < -0.3 is 10.1 Å². The molecule has 5 heteroatoms. The molecular weight excluding hydrogens is 224 g/mol. The van der Waals surface area contributed by atoms with Gasteiger partial charge in [-0.25, -0.2) is 9.78 Å². The van der Waals surface area contributed by atoms with Gasteiger partial charge in [-0.05, 0) is 18.4 Å². The lowest BCUT2D eigenvalue weighted by molar-refractivity contribution is -0.131. The summed E-state index contributed by atoms with van der Waals surface area (Å²) >= 11 is 1.62. The number of nitrogens with one attached hydrogen (secondary N) is 1. The molecule has 0 aliphatic carbocycles. The minimum Gasteiger partial charge on any atom is -0.478 e. The van der Waals surface area contributed by atoms with Crippen LogP contribution in [0.3, 0.4) is 0 Å². The van der Waals surface area contributed by atoms with E-state index < -0.39 is 5.97 Å². The zero-order valence-electron chi connectivity index (χ0n) is 8.60. The molecule has 0 aliphatic rings. The third-order valence-electron chi connectivity index (χ3n) is 2.20. The number of nitrogens with zero attached hydrogens (tertiary/aromatic N) is 1. The molecule has 2 rings (SSSR count). The Bertz CT molecular complexity index is 560. The van der Waals surface area contributed by atoms with Gasteiger partial charge in [0, 0.05) is 16.5 Å². The molecule has 1 aromatic heterocycles. The number of aromatic amines is 1. The van der Waals surface area contributed by atoms with Gasteiger partial charge in [-0.3, -0.25) is 0 Å². The number of aliphatic carboxylic acids is 1. The van der Waals surface area contributed by atoms with Crippen molar-refractivity contribution in [1.82, 2.24) is 9.97 Å². The van der Waals surface area contributed by atoms with Crippen LogP contribution < -0.4 is 0 Å². The fraction of sp³-hybridized carbons (Fsp3) is 0.0909. The van der Waals surface area contributed by atoms with Crippen LogP contribution in [0.2, 0.25) is 0 Å². The Hall–Kier alpha value is -1.75. The van der Waals surface area contributed by atoms with Gasteiger partial charge in [-0.15, -0.1) is 11.8 Å². The van der Waals surface area contributed by atoms with E-state index in [0.717, 1.165) is 27.6 Å². The third-order valence-corrected chi connectivity index (χ3v) is 2.98. The minimum atomic E-state index is -0.961. The summed E-state index contributed by atoms with van der Waals surface area (Å²) in [7, 11) is 0. The van der Waals surface area contributed by atoms with Gasteiger partial charge in [0.25, 0.3) is 0 Å². The van der Waals surface area contributed by atoms with Crippen molar-refractivity contribution in [3.63, 3.8) is 0 Å². The van der Waals surface area contributed by atoms with Gasteiger partial charge in [0.05, 0.1) is 17.4 Å². The van der Waals surface area contributed by atoms with Crippen molar-refractivity contribution >= 4 is 34.8 Å². The molecule has 0 fully saturated rings. The molecule has 0 bridgehead atoms. The predicted molar refractivity (Wildman–Crippen MR) is 64.5 cm³/mol. The number of hydrogen-bond acceptors (Lipinski definition) is 3. The molecule has 0 radical (unpaired) electrons. The van der Waals surface area contributed by atoms with Crippen LogP contribution in [0.15, 0.2) is 29.4 Å². The number of thioether (sulfide) groups is 1. The number of carboxylic acid groups (broad SMARTS) is 1. The molecular formula is C11H10N2O2S. The first-order valence-corrected chi connectivity index (χ1v) is 5.86. The normalized spacial score (nSPS) is 11.3. The monoisotopic (exact) mass is 234 g/mol. The number of fused-ring (bicyclic) bond motifs is 1. The lowest BCUT2D eigenvalue weighted by atomic mass is 10.1. The molecule has 0 spiro atoms. The van der Waals surface area contributed by atoms with Crippen molar-refractivity contribution < 1.29 is 9.90 Å². The average Bonchev–Trinajstić information content (AvgIpc) is 2.74. The standard InChI is InChI=1S/C11H10N2O2S/c1-16-8-4-2-7(3-5-9(14)15)10-11(8)13-6-12-10/h2-6H,1H3,(H,12,13)(H,14,15)/b5-3+. The lowest BCUT2D eigenvalue weighted by Crippen LogP contribution is -1.86. The van der Waals surface area contributed by atoms with E-state index in [9.17, 15) is 4.79 Å². The van der Waals surface area contributed by atoms with Crippen LogP contribution in [0.5, 0.6) is 0 Å². The van der Waals surface area contributed by atoms with Crippen molar-refractivity contribution in [3.8, 4) is 0 Å². The van der Waals surface area contributed by atoms with E-state index in [4.69, 9.17) is 5.11 Å². The molecule has 82 valence electrons. The largest absolute Gasteiger partial charge is 0.478 e. The molecule has 2 N–H and O–H groups in total. The molecule has 16 heavy (non-hydrogen) atoms. The molecule has 0 saturated heterocycles. The van der Waals surface area contributed by atoms with Crippen molar-refractivity contribution in [2.24, 2.45) is 0 Å². The summed E-state index contributed by atoms with van der Waals surface area (Å²) in [6.07, 6.45) is 6.27. The topological polar surface area (TPSA) is 66.0 Å². The Balaban J connectivity index is 2.55. The number of H-pyrrole nitrogens is 1. The fourth-order valence-electron chi connectivity index (χ4n) is 1.49. The van der Waals surface area contributed by atoms with Gasteiger partial charge in [0.1, 0.15) is 0 Å². The molecule has 1 aromatic carbocycles. The second-order valence-corrected chi connectivity index (χ2v) is 4.00. The van der Waals surface area contributed by atoms with E-state index in [1.165, 1.54) is 0 Å².